The minimum Gasteiger partial charge on any atom is -0.374 e. The van der Waals surface area contributed by atoms with Gasteiger partial charge in [0, 0.05) is 26.2 Å². The lowest BCUT2D eigenvalue weighted by molar-refractivity contribution is -0.0244. The summed E-state index contributed by atoms with van der Waals surface area (Å²) in [5.74, 6) is 1.70. The summed E-state index contributed by atoms with van der Waals surface area (Å²) < 4.78 is 7.81. The van der Waals surface area contributed by atoms with Crippen LogP contribution in [-0.2, 0) is 4.74 Å². The highest BCUT2D eigenvalue weighted by molar-refractivity contribution is 5.48. The summed E-state index contributed by atoms with van der Waals surface area (Å²) in [5.41, 5.74) is 0.853. The third kappa shape index (κ3) is 3.51. The molecule has 1 aliphatic heterocycles. The summed E-state index contributed by atoms with van der Waals surface area (Å²) in [7, 11) is 0. The first kappa shape index (κ1) is 14.3. The number of pyridine rings is 1. The zero-order valence-corrected chi connectivity index (χ0v) is 12.7. The molecule has 2 aromatic heterocycles. The third-order valence-corrected chi connectivity index (χ3v) is 3.69. The van der Waals surface area contributed by atoms with Crippen molar-refractivity contribution < 1.29 is 4.74 Å². The Hall–Kier alpha value is -1.66. The van der Waals surface area contributed by atoms with E-state index in [0.717, 1.165) is 44.3 Å². The third-order valence-electron chi connectivity index (χ3n) is 3.69. The zero-order valence-electron chi connectivity index (χ0n) is 12.7. The van der Waals surface area contributed by atoms with E-state index < -0.39 is 0 Å². The van der Waals surface area contributed by atoms with Gasteiger partial charge in [0.25, 0.3) is 0 Å². The summed E-state index contributed by atoms with van der Waals surface area (Å²) >= 11 is 0. The van der Waals surface area contributed by atoms with Crippen LogP contribution in [0, 0.1) is 5.92 Å². The molecule has 2 aromatic rings. The van der Waals surface area contributed by atoms with Crippen LogP contribution < -0.4 is 5.32 Å². The van der Waals surface area contributed by atoms with E-state index in [1.54, 1.807) is 6.33 Å². The molecule has 1 saturated heterocycles. The molecule has 0 aliphatic carbocycles. The lowest BCUT2D eigenvalue weighted by atomic mass is 10.2. The molecule has 0 aromatic carbocycles. The molecule has 3 rings (SSSR count). The Morgan fingerprint density at radius 2 is 2.33 bits per heavy atom. The van der Waals surface area contributed by atoms with Crippen LogP contribution in [0.2, 0.25) is 0 Å². The lowest BCUT2D eigenvalue weighted by Gasteiger charge is -2.34. The molecular formula is C15H23N5O. The second kappa shape index (κ2) is 6.41. The van der Waals surface area contributed by atoms with Gasteiger partial charge in [0.1, 0.15) is 12.1 Å². The summed E-state index contributed by atoms with van der Waals surface area (Å²) in [6, 6.07) is 5.96. The van der Waals surface area contributed by atoms with Gasteiger partial charge in [-0.05, 0) is 18.1 Å². The van der Waals surface area contributed by atoms with Gasteiger partial charge >= 0.3 is 0 Å². The number of nitrogens with zero attached hydrogens (tertiary/aromatic N) is 4. The predicted molar refractivity (Wildman–Crippen MR) is 82.5 cm³/mol. The van der Waals surface area contributed by atoms with E-state index in [9.17, 15) is 0 Å². The number of hydrogen-bond donors (Lipinski definition) is 1. The van der Waals surface area contributed by atoms with Crippen molar-refractivity contribution in [3.05, 3.63) is 24.5 Å². The van der Waals surface area contributed by atoms with E-state index in [1.165, 1.54) is 0 Å². The molecule has 0 bridgehead atoms. The van der Waals surface area contributed by atoms with Crippen molar-refractivity contribution >= 4 is 11.5 Å². The van der Waals surface area contributed by atoms with Crippen molar-refractivity contribution in [2.45, 2.75) is 20.0 Å². The van der Waals surface area contributed by atoms with Crippen LogP contribution in [0.25, 0.3) is 5.65 Å². The van der Waals surface area contributed by atoms with Crippen LogP contribution in [0.3, 0.4) is 0 Å². The largest absolute Gasteiger partial charge is 0.374 e. The van der Waals surface area contributed by atoms with Gasteiger partial charge in [-0.3, -0.25) is 9.30 Å². The average molecular weight is 289 g/mol. The SMILES string of the molecule is CC(C)CN1CCOC(CNc2cccc3nncn23)C1. The van der Waals surface area contributed by atoms with E-state index in [4.69, 9.17) is 4.74 Å². The molecule has 114 valence electrons. The van der Waals surface area contributed by atoms with Gasteiger partial charge in [-0.1, -0.05) is 19.9 Å². The van der Waals surface area contributed by atoms with Gasteiger partial charge in [0.05, 0.1) is 12.7 Å². The van der Waals surface area contributed by atoms with Gasteiger partial charge in [-0.15, -0.1) is 10.2 Å². The molecule has 1 atom stereocenters. The Labute approximate surface area is 125 Å². The fourth-order valence-electron chi connectivity index (χ4n) is 2.80. The topological polar surface area (TPSA) is 54.7 Å². The van der Waals surface area contributed by atoms with Crippen LogP contribution in [0.15, 0.2) is 24.5 Å². The fraction of sp³-hybridized carbons (Fsp3) is 0.600. The Morgan fingerprint density at radius 3 is 3.19 bits per heavy atom. The molecule has 6 heteroatoms. The molecule has 3 heterocycles. The van der Waals surface area contributed by atoms with E-state index in [2.05, 4.69) is 34.3 Å². The quantitative estimate of drug-likeness (QED) is 0.904. The van der Waals surface area contributed by atoms with Crippen molar-refractivity contribution in [2.75, 3.05) is 38.1 Å². The van der Waals surface area contributed by atoms with E-state index in [1.807, 2.05) is 22.6 Å². The van der Waals surface area contributed by atoms with Gasteiger partial charge in [0.2, 0.25) is 0 Å². The highest BCUT2D eigenvalue weighted by atomic mass is 16.5. The Morgan fingerprint density at radius 1 is 1.43 bits per heavy atom. The molecule has 6 nitrogen and oxygen atoms in total. The first-order valence-electron chi connectivity index (χ1n) is 7.59. The maximum absolute atomic E-state index is 5.86. The van der Waals surface area contributed by atoms with Crippen LogP contribution in [0.1, 0.15) is 13.8 Å². The first-order chi connectivity index (χ1) is 10.2. The molecule has 0 amide bonds. The zero-order chi connectivity index (χ0) is 14.7. The maximum Gasteiger partial charge on any atom is 0.162 e. The molecular weight excluding hydrogens is 266 g/mol. The molecule has 1 aliphatic rings. The van der Waals surface area contributed by atoms with E-state index in [0.29, 0.717) is 5.92 Å². The van der Waals surface area contributed by atoms with Crippen LogP contribution in [0.5, 0.6) is 0 Å². The van der Waals surface area contributed by atoms with Crippen molar-refractivity contribution in [3.8, 4) is 0 Å². The van der Waals surface area contributed by atoms with Crippen molar-refractivity contribution in [2.24, 2.45) is 5.92 Å². The van der Waals surface area contributed by atoms with Gasteiger partial charge in [0.15, 0.2) is 5.65 Å². The molecule has 1 N–H and O–H groups in total. The minimum atomic E-state index is 0.226. The number of hydrogen-bond acceptors (Lipinski definition) is 5. The molecule has 21 heavy (non-hydrogen) atoms. The van der Waals surface area contributed by atoms with Crippen LogP contribution in [0.4, 0.5) is 5.82 Å². The summed E-state index contributed by atoms with van der Waals surface area (Å²) in [6.45, 7) is 9.30. The molecule has 0 saturated carbocycles. The average Bonchev–Trinajstić information content (AvgIpc) is 2.93. The smallest absolute Gasteiger partial charge is 0.162 e. The molecule has 0 radical (unpaired) electrons. The maximum atomic E-state index is 5.86. The molecule has 0 spiro atoms. The second-order valence-electron chi connectivity index (χ2n) is 6.00. The summed E-state index contributed by atoms with van der Waals surface area (Å²) in [4.78, 5) is 2.49. The number of rotatable bonds is 5. The highest BCUT2D eigenvalue weighted by Gasteiger charge is 2.20. The van der Waals surface area contributed by atoms with Crippen molar-refractivity contribution in [3.63, 3.8) is 0 Å². The number of fused-ring (bicyclic) bond motifs is 1. The second-order valence-corrected chi connectivity index (χ2v) is 6.00. The van der Waals surface area contributed by atoms with Gasteiger partial charge in [-0.25, -0.2) is 0 Å². The Kier molecular flexibility index (Phi) is 4.36. The number of ether oxygens (including phenoxy) is 1. The van der Waals surface area contributed by atoms with E-state index >= 15 is 0 Å². The lowest BCUT2D eigenvalue weighted by Crippen LogP contribution is -2.46. The van der Waals surface area contributed by atoms with E-state index in [-0.39, 0.29) is 6.10 Å². The summed E-state index contributed by atoms with van der Waals surface area (Å²) in [6.07, 6.45) is 1.95. The number of nitrogens with one attached hydrogen (secondary N) is 1. The molecule has 1 fully saturated rings. The highest BCUT2D eigenvalue weighted by Crippen LogP contribution is 2.12. The summed E-state index contributed by atoms with van der Waals surface area (Å²) in [5, 5.41) is 11.4. The normalized spacial score (nSPS) is 20.2. The van der Waals surface area contributed by atoms with Gasteiger partial charge < -0.3 is 10.1 Å². The van der Waals surface area contributed by atoms with Crippen LogP contribution in [-0.4, -0.2) is 58.4 Å². The number of aromatic nitrogens is 3. The molecule has 1 unspecified atom stereocenters. The van der Waals surface area contributed by atoms with Crippen molar-refractivity contribution in [1.29, 1.82) is 0 Å². The number of morpholine rings is 1. The minimum absolute atomic E-state index is 0.226. The Balaban J connectivity index is 1.58. The van der Waals surface area contributed by atoms with Gasteiger partial charge in [-0.2, -0.15) is 0 Å². The monoisotopic (exact) mass is 289 g/mol. The van der Waals surface area contributed by atoms with Crippen LogP contribution >= 0.6 is 0 Å². The number of anilines is 1. The standard InChI is InChI=1S/C15H23N5O/c1-12(2)9-19-6-7-21-13(10-19)8-16-14-4-3-5-15-18-17-11-20(14)15/h3-5,11-13,16H,6-10H2,1-2H3. The van der Waals surface area contributed by atoms with Crippen molar-refractivity contribution in [1.82, 2.24) is 19.5 Å². The first-order valence-corrected chi connectivity index (χ1v) is 7.59. The Bertz CT molecular complexity index is 582. The fourth-order valence-corrected chi connectivity index (χ4v) is 2.80. The predicted octanol–water partition coefficient (Wildman–Crippen LogP) is 1.50.